The van der Waals surface area contributed by atoms with E-state index in [1.165, 1.54) is 11.1 Å². The van der Waals surface area contributed by atoms with Crippen LogP contribution >= 0.6 is 0 Å². The first kappa shape index (κ1) is 12.6. The van der Waals surface area contributed by atoms with Gasteiger partial charge in [0.1, 0.15) is 0 Å². The Kier molecular flexibility index (Phi) is 3.77. The third-order valence-electron chi connectivity index (χ3n) is 3.51. The van der Waals surface area contributed by atoms with Crippen molar-refractivity contribution < 1.29 is 14.3 Å². The summed E-state index contributed by atoms with van der Waals surface area (Å²) < 4.78 is 10.7. The number of nitrogens with one attached hydrogen (secondary N) is 2. The molecule has 2 aliphatic heterocycles. The van der Waals surface area contributed by atoms with E-state index in [0.29, 0.717) is 19.8 Å². The van der Waals surface area contributed by atoms with Crippen LogP contribution < -0.4 is 10.6 Å². The summed E-state index contributed by atoms with van der Waals surface area (Å²) in [6.07, 6.45) is 0.503. The normalized spacial score (nSPS) is 22.6. The molecule has 2 N–H and O–H groups in total. The van der Waals surface area contributed by atoms with Gasteiger partial charge in [-0.15, -0.1) is 0 Å². The summed E-state index contributed by atoms with van der Waals surface area (Å²) in [5.41, 5.74) is 3.36. The van der Waals surface area contributed by atoms with Crippen molar-refractivity contribution in [1.29, 1.82) is 0 Å². The van der Waals surface area contributed by atoms with E-state index in [9.17, 15) is 4.79 Å². The van der Waals surface area contributed by atoms with E-state index < -0.39 is 6.10 Å². The minimum Gasteiger partial charge on any atom is -0.376 e. The van der Waals surface area contributed by atoms with Gasteiger partial charge in [-0.05, 0) is 30.2 Å². The van der Waals surface area contributed by atoms with Gasteiger partial charge < -0.3 is 20.1 Å². The molecule has 0 spiro atoms. The average Bonchev–Trinajstić information content (AvgIpc) is 2.48. The van der Waals surface area contributed by atoms with Crippen molar-refractivity contribution in [2.45, 2.75) is 19.1 Å². The van der Waals surface area contributed by atoms with E-state index in [1.54, 1.807) is 0 Å². The second-order valence-corrected chi connectivity index (χ2v) is 4.79. The number of benzene rings is 1. The van der Waals surface area contributed by atoms with Gasteiger partial charge in [0, 0.05) is 12.2 Å². The summed E-state index contributed by atoms with van der Waals surface area (Å²) in [6, 6.07) is 6.04. The Balaban J connectivity index is 1.74. The van der Waals surface area contributed by atoms with Gasteiger partial charge in [0.05, 0.1) is 19.8 Å². The van der Waals surface area contributed by atoms with Crippen LogP contribution in [0.4, 0.5) is 5.69 Å². The Morgan fingerprint density at radius 3 is 3.16 bits per heavy atom. The Labute approximate surface area is 112 Å². The second-order valence-electron chi connectivity index (χ2n) is 4.79. The first-order valence-electron chi connectivity index (χ1n) is 6.66. The van der Waals surface area contributed by atoms with Gasteiger partial charge in [-0.2, -0.15) is 0 Å². The number of anilines is 1. The molecule has 0 saturated carbocycles. The highest BCUT2D eigenvalue weighted by Crippen LogP contribution is 2.23. The Hall–Kier alpha value is -1.43. The van der Waals surface area contributed by atoms with Crippen molar-refractivity contribution in [3.8, 4) is 0 Å². The average molecular weight is 262 g/mol. The SMILES string of the molecule is O=C(Nc1cccc2c1CNCC2)C1COCCO1. The summed E-state index contributed by atoms with van der Waals surface area (Å²) in [5.74, 6) is -0.126. The summed E-state index contributed by atoms with van der Waals surface area (Å²) in [4.78, 5) is 12.1. The Bertz CT molecular complexity index is 470. The number of carbonyl (C=O) groups is 1. The van der Waals surface area contributed by atoms with Crippen molar-refractivity contribution in [1.82, 2.24) is 5.32 Å². The van der Waals surface area contributed by atoms with Gasteiger partial charge in [0.15, 0.2) is 6.10 Å². The van der Waals surface area contributed by atoms with Crippen LogP contribution in [0.2, 0.25) is 0 Å². The number of carbonyl (C=O) groups excluding carboxylic acids is 1. The molecule has 1 aromatic rings. The minimum absolute atomic E-state index is 0.126. The molecule has 1 amide bonds. The number of rotatable bonds is 2. The number of amides is 1. The highest BCUT2D eigenvalue weighted by Gasteiger charge is 2.24. The lowest BCUT2D eigenvalue weighted by Gasteiger charge is -2.24. The molecule has 0 radical (unpaired) electrons. The van der Waals surface area contributed by atoms with Crippen LogP contribution in [0.5, 0.6) is 0 Å². The first-order valence-corrected chi connectivity index (χ1v) is 6.66. The summed E-state index contributed by atoms with van der Waals surface area (Å²) in [7, 11) is 0. The molecule has 1 fully saturated rings. The highest BCUT2D eigenvalue weighted by molar-refractivity contribution is 5.95. The van der Waals surface area contributed by atoms with E-state index in [4.69, 9.17) is 9.47 Å². The molecule has 5 heteroatoms. The summed E-state index contributed by atoms with van der Waals surface area (Å²) in [5, 5.41) is 6.28. The molecule has 2 heterocycles. The molecule has 2 aliphatic rings. The zero-order chi connectivity index (χ0) is 13.1. The molecule has 0 bridgehead atoms. The van der Waals surface area contributed by atoms with E-state index in [2.05, 4.69) is 16.7 Å². The van der Waals surface area contributed by atoms with Crippen molar-refractivity contribution in [2.75, 3.05) is 31.7 Å². The lowest BCUT2D eigenvalue weighted by Crippen LogP contribution is -2.39. The third kappa shape index (κ3) is 2.78. The second kappa shape index (κ2) is 5.69. The van der Waals surface area contributed by atoms with Gasteiger partial charge in [-0.25, -0.2) is 0 Å². The van der Waals surface area contributed by atoms with Crippen LogP contribution in [0, 0.1) is 0 Å². The van der Waals surface area contributed by atoms with E-state index in [1.807, 2.05) is 12.1 Å². The first-order chi connectivity index (χ1) is 9.34. The molecule has 3 rings (SSSR count). The molecule has 102 valence electrons. The van der Waals surface area contributed by atoms with Crippen LogP contribution in [-0.4, -0.2) is 38.4 Å². The Morgan fingerprint density at radius 1 is 1.37 bits per heavy atom. The lowest BCUT2D eigenvalue weighted by molar-refractivity contribution is -0.142. The number of hydrogen-bond donors (Lipinski definition) is 2. The predicted molar refractivity (Wildman–Crippen MR) is 71.0 cm³/mol. The van der Waals surface area contributed by atoms with Crippen molar-refractivity contribution >= 4 is 11.6 Å². The van der Waals surface area contributed by atoms with Gasteiger partial charge in [-0.3, -0.25) is 4.79 Å². The van der Waals surface area contributed by atoms with E-state index in [-0.39, 0.29) is 5.91 Å². The molecular weight excluding hydrogens is 244 g/mol. The van der Waals surface area contributed by atoms with Gasteiger partial charge >= 0.3 is 0 Å². The van der Waals surface area contributed by atoms with Crippen LogP contribution in [0.15, 0.2) is 18.2 Å². The maximum absolute atomic E-state index is 12.1. The molecule has 1 unspecified atom stereocenters. The fourth-order valence-electron chi connectivity index (χ4n) is 2.48. The maximum atomic E-state index is 12.1. The number of ether oxygens (including phenoxy) is 2. The molecule has 0 aliphatic carbocycles. The van der Waals surface area contributed by atoms with Gasteiger partial charge in [0.2, 0.25) is 0 Å². The van der Waals surface area contributed by atoms with Crippen LogP contribution in [0.1, 0.15) is 11.1 Å². The van der Waals surface area contributed by atoms with Crippen LogP contribution in [0.3, 0.4) is 0 Å². The highest BCUT2D eigenvalue weighted by atomic mass is 16.6. The van der Waals surface area contributed by atoms with E-state index in [0.717, 1.165) is 25.2 Å². The standard InChI is InChI=1S/C14H18N2O3/c17-14(13-9-18-6-7-19-13)16-12-3-1-2-10-4-5-15-8-11(10)12/h1-3,13,15H,4-9H2,(H,16,17). The smallest absolute Gasteiger partial charge is 0.255 e. The summed E-state index contributed by atoms with van der Waals surface area (Å²) in [6.45, 7) is 3.16. The zero-order valence-electron chi connectivity index (χ0n) is 10.8. The van der Waals surface area contributed by atoms with Crippen molar-refractivity contribution in [3.05, 3.63) is 29.3 Å². The monoisotopic (exact) mass is 262 g/mol. The quantitative estimate of drug-likeness (QED) is 0.823. The number of fused-ring (bicyclic) bond motifs is 1. The molecule has 5 nitrogen and oxygen atoms in total. The lowest BCUT2D eigenvalue weighted by atomic mass is 9.99. The van der Waals surface area contributed by atoms with Gasteiger partial charge in [0.25, 0.3) is 5.91 Å². The van der Waals surface area contributed by atoms with Crippen LogP contribution in [0.25, 0.3) is 0 Å². The van der Waals surface area contributed by atoms with Crippen LogP contribution in [-0.2, 0) is 27.2 Å². The molecule has 1 saturated heterocycles. The Morgan fingerprint density at radius 2 is 2.32 bits per heavy atom. The maximum Gasteiger partial charge on any atom is 0.255 e. The van der Waals surface area contributed by atoms with Crippen molar-refractivity contribution in [2.24, 2.45) is 0 Å². The zero-order valence-corrected chi connectivity index (χ0v) is 10.8. The topological polar surface area (TPSA) is 59.6 Å². The summed E-state index contributed by atoms with van der Waals surface area (Å²) >= 11 is 0. The fraction of sp³-hybridized carbons (Fsp3) is 0.500. The third-order valence-corrected chi connectivity index (χ3v) is 3.51. The molecule has 19 heavy (non-hydrogen) atoms. The predicted octanol–water partition coefficient (Wildman–Crippen LogP) is 0.686. The molecule has 1 atom stereocenters. The molecule has 1 aromatic carbocycles. The molecular formula is C14H18N2O3. The van der Waals surface area contributed by atoms with E-state index >= 15 is 0 Å². The minimum atomic E-state index is -0.499. The largest absolute Gasteiger partial charge is 0.376 e. The number of hydrogen-bond acceptors (Lipinski definition) is 4. The fourth-order valence-corrected chi connectivity index (χ4v) is 2.48. The molecule has 0 aromatic heterocycles. The van der Waals surface area contributed by atoms with Crippen molar-refractivity contribution in [3.63, 3.8) is 0 Å². The van der Waals surface area contributed by atoms with Gasteiger partial charge in [-0.1, -0.05) is 12.1 Å².